The van der Waals surface area contributed by atoms with Gasteiger partial charge >= 0.3 is 0 Å². The number of nitrogens with zero attached hydrogens (tertiary/aromatic N) is 2. The fraction of sp³-hybridized carbons (Fsp3) is 0.0741. The molecule has 160 valence electrons. The van der Waals surface area contributed by atoms with Gasteiger partial charge in [-0.15, -0.1) is 0 Å². The van der Waals surface area contributed by atoms with Gasteiger partial charge in [0, 0.05) is 29.6 Å². The first-order valence-electron chi connectivity index (χ1n) is 10.7. The van der Waals surface area contributed by atoms with Crippen LogP contribution in [0.4, 0.5) is 0 Å². The Morgan fingerprint density at radius 1 is 0.939 bits per heavy atom. The Bertz CT molecular complexity index is 1510. The zero-order valence-electron chi connectivity index (χ0n) is 17.9. The number of pyridine rings is 1. The number of imidazole rings is 1. The highest BCUT2D eigenvalue weighted by Gasteiger charge is 2.32. The van der Waals surface area contributed by atoms with E-state index in [-0.39, 0.29) is 11.9 Å². The third kappa shape index (κ3) is 3.15. The second-order valence-electron chi connectivity index (χ2n) is 7.97. The fourth-order valence-electron chi connectivity index (χ4n) is 4.57. The van der Waals surface area contributed by atoms with Crippen LogP contribution in [0, 0.1) is 0 Å². The van der Waals surface area contributed by atoms with Crippen molar-refractivity contribution in [3.63, 3.8) is 0 Å². The Morgan fingerprint density at radius 2 is 1.73 bits per heavy atom. The lowest BCUT2D eigenvalue weighted by molar-refractivity contribution is 0.0943. The molecule has 5 aromatic rings. The molecule has 0 saturated heterocycles. The number of aromatic nitrogens is 3. The standard InChI is InChI=1S/C27H20N4O2/c1-33-17-9-10-22-23(15-17)30-26(29-22)21-8-4-7-20-24(21)18-5-2-3-6-19(18)25(20)31-27(32)16-11-13-28-14-12-16/h2-15,25H,1H3,(H,29,30)(H,31,32)/t25-/m0/s1. The molecule has 33 heavy (non-hydrogen) atoms. The summed E-state index contributed by atoms with van der Waals surface area (Å²) in [6.07, 6.45) is 3.25. The number of rotatable bonds is 4. The van der Waals surface area contributed by atoms with Gasteiger partial charge in [0.25, 0.3) is 5.91 Å². The fourth-order valence-corrected chi connectivity index (χ4v) is 4.57. The highest BCUT2D eigenvalue weighted by Crippen LogP contribution is 2.47. The second-order valence-corrected chi connectivity index (χ2v) is 7.97. The largest absolute Gasteiger partial charge is 0.497 e. The Hall–Kier alpha value is -4.45. The van der Waals surface area contributed by atoms with E-state index in [0.717, 1.165) is 50.4 Å². The Morgan fingerprint density at radius 3 is 2.58 bits per heavy atom. The van der Waals surface area contributed by atoms with Gasteiger partial charge in [-0.1, -0.05) is 42.5 Å². The number of amides is 1. The highest BCUT2D eigenvalue weighted by atomic mass is 16.5. The molecule has 1 atom stereocenters. The predicted molar refractivity (Wildman–Crippen MR) is 127 cm³/mol. The molecule has 1 aliphatic rings. The number of hydrogen-bond donors (Lipinski definition) is 2. The number of fused-ring (bicyclic) bond motifs is 4. The lowest BCUT2D eigenvalue weighted by Crippen LogP contribution is -2.28. The molecule has 0 radical (unpaired) electrons. The molecule has 6 nitrogen and oxygen atoms in total. The lowest BCUT2D eigenvalue weighted by Gasteiger charge is -2.16. The minimum atomic E-state index is -0.249. The summed E-state index contributed by atoms with van der Waals surface area (Å²) in [5, 5.41) is 3.21. The van der Waals surface area contributed by atoms with Crippen molar-refractivity contribution in [2.75, 3.05) is 7.11 Å². The van der Waals surface area contributed by atoms with Crippen molar-refractivity contribution < 1.29 is 9.53 Å². The van der Waals surface area contributed by atoms with E-state index in [9.17, 15) is 4.79 Å². The van der Waals surface area contributed by atoms with E-state index in [1.807, 2.05) is 36.4 Å². The number of carbonyl (C=O) groups is 1. The van der Waals surface area contributed by atoms with E-state index < -0.39 is 0 Å². The molecule has 2 heterocycles. The maximum Gasteiger partial charge on any atom is 0.252 e. The number of methoxy groups -OCH3 is 1. The number of carbonyl (C=O) groups excluding carboxylic acids is 1. The van der Waals surface area contributed by atoms with Crippen molar-refractivity contribution in [1.82, 2.24) is 20.3 Å². The summed E-state index contributed by atoms with van der Waals surface area (Å²) < 4.78 is 5.35. The third-order valence-electron chi connectivity index (χ3n) is 6.11. The number of ether oxygens (including phenoxy) is 1. The molecule has 1 amide bonds. The van der Waals surface area contributed by atoms with Crippen LogP contribution in [0.15, 0.2) is 85.2 Å². The van der Waals surface area contributed by atoms with E-state index in [0.29, 0.717) is 5.56 Å². The zero-order valence-corrected chi connectivity index (χ0v) is 17.9. The van der Waals surface area contributed by atoms with Gasteiger partial charge in [-0.25, -0.2) is 4.98 Å². The smallest absolute Gasteiger partial charge is 0.252 e. The summed E-state index contributed by atoms with van der Waals surface area (Å²) in [6, 6.07) is 23.3. The Labute approximate surface area is 190 Å². The zero-order chi connectivity index (χ0) is 22.4. The summed E-state index contributed by atoms with van der Waals surface area (Å²) in [6.45, 7) is 0. The van der Waals surface area contributed by atoms with Gasteiger partial charge in [-0.2, -0.15) is 0 Å². The van der Waals surface area contributed by atoms with Crippen LogP contribution < -0.4 is 10.1 Å². The molecule has 0 aliphatic heterocycles. The second kappa shape index (κ2) is 7.60. The summed E-state index contributed by atoms with van der Waals surface area (Å²) in [4.78, 5) is 25.3. The summed E-state index contributed by atoms with van der Waals surface area (Å²) in [5.41, 5.74) is 7.66. The number of benzene rings is 3. The van der Waals surface area contributed by atoms with Gasteiger partial charge < -0.3 is 15.0 Å². The highest BCUT2D eigenvalue weighted by molar-refractivity contribution is 5.97. The van der Waals surface area contributed by atoms with Gasteiger partial charge in [0.2, 0.25) is 0 Å². The van der Waals surface area contributed by atoms with Gasteiger partial charge in [0.05, 0.1) is 24.2 Å². The molecule has 6 heteroatoms. The van der Waals surface area contributed by atoms with E-state index >= 15 is 0 Å². The van der Waals surface area contributed by atoms with E-state index in [1.165, 1.54) is 0 Å². The summed E-state index contributed by atoms with van der Waals surface area (Å²) >= 11 is 0. The van der Waals surface area contributed by atoms with Crippen LogP contribution in [0.25, 0.3) is 33.5 Å². The minimum absolute atomic E-state index is 0.133. The molecular formula is C27H20N4O2. The van der Waals surface area contributed by atoms with Crippen LogP contribution in [0.3, 0.4) is 0 Å². The van der Waals surface area contributed by atoms with Gasteiger partial charge in [-0.05, 0) is 46.5 Å². The third-order valence-corrected chi connectivity index (χ3v) is 6.11. The van der Waals surface area contributed by atoms with E-state index in [2.05, 4.69) is 39.6 Å². The first-order chi connectivity index (χ1) is 16.2. The van der Waals surface area contributed by atoms with Crippen molar-refractivity contribution in [2.24, 2.45) is 0 Å². The molecule has 0 unspecified atom stereocenters. The normalized spacial score (nSPS) is 14.0. The van der Waals surface area contributed by atoms with Crippen LogP contribution in [-0.2, 0) is 0 Å². The number of hydrogen-bond acceptors (Lipinski definition) is 4. The molecule has 0 spiro atoms. The Balaban J connectivity index is 1.48. The predicted octanol–water partition coefficient (Wildman–Crippen LogP) is 5.13. The number of nitrogens with one attached hydrogen (secondary N) is 2. The topological polar surface area (TPSA) is 79.9 Å². The molecule has 6 rings (SSSR count). The van der Waals surface area contributed by atoms with Gasteiger partial charge in [-0.3, -0.25) is 9.78 Å². The molecule has 2 N–H and O–H groups in total. The average Bonchev–Trinajstić information content (AvgIpc) is 3.43. The van der Waals surface area contributed by atoms with Crippen molar-refractivity contribution in [3.05, 3.63) is 102 Å². The number of H-pyrrole nitrogens is 1. The first kappa shape index (κ1) is 19.3. The molecule has 0 saturated carbocycles. The van der Waals surface area contributed by atoms with Gasteiger partial charge in [0.1, 0.15) is 11.6 Å². The van der Waals surface area contributed by atoms with Gasteiger partial charge in [0.15, 0.2) is 0 Å². The molecular weight excluding hydrogens is 412 g/mol. The van der Waals surface area contributed by atoms with Crippen LogP contribution in [0.5, 0.6) is 5.75 Å². The van der Waals surface area contributed by atoms with Crippen LogP contribution in [0.2, 0.25) is 0 Å². The van der Waals surface area contributed by atoms with Crippen molar-refractivity contribution in [1.29, 1.82) is 0 Å². The lowest BCUT2D eigenvalue weighted by atomic mass is 9.98. The quantitative estimate of drug-likeness (QED) is 0.412. The SMILES string of the molecule is COc1ccc2nc(-c3cccc4c3-c3ccccc3[C@@H]4NC(=O)c3ccncc3)[nH]c2c1. The Kier molecular flexibility index (Phi) is 4.43. The maximum atomic E-state index is 13.0. The maximum absolute atomic E-state index is 13.0. The molecule has 1 aliphatic carbocycles. The summed E-state index contributed by atoms with van der Waals surface area (Å²) in [5.74, 6) is 1.43. The minimum Gasteiger partial charge on any atom is -0.497 e. The monoisotopic (exact) mass is 432 g/mol. The molecule has 2 aromatic heterocycles. The van der Waals surface area contributed by atoms with E-state index in [4.69, 9.17) is 9.72 Å². The molecule has 3 aromatic carbocycles. The first-order valence-corrected chi connectivity index (χ1v) is 10.7. The van der Waals surface area contributed by atoms with Crippen molar-refractivity contribution in [3.8, 4) is 28.3 Å². The van der Waals surface area contributed by atoms with Crippen LogP contribution in [-0.4, -0.2) is 28.0 Å². The van der Waals surface area contributed by atoms with Crippen molar-refractivity contribution in [2.45, 2.75) is 6.04 Å². The van der Waals surface area contributed by atoms with Crippen LogP contribution >= 0.6 is 0 Å². The van der Waals surface area contributed by atoms with E-state index in [1.54, 1.807) is 31.6 Å². The van der Waals surface area contributed by atoms with Crippen molar-refractivity contribution >= 4 is 16.9 Å². The number of aromatic amines is 1. The average molecular weight is 432 g/mol. The summed E-state index contributed by atoms with van der Waals surface area (Å²) in [7, 11) is 1.65. The molecule has 0 bridgehead atoms. The van der Waals surface area contributed by atoms with Crippen LogP contribution in [0.1, 0.15) is 27.5 Å². The molecule has 0 fully saturated rings.